The molecule has 4 heterocycles. The molecule has 0 amide bonds. The van der Waals surface area contributed by atoms with E-state index in [0.29, 0.717) is 11.2 Å². The third-order valence-corrected chi connectivity index (χ3v) is 5.00. The lowest BCUT2D eigenvalue weighted by molar-refractivity contribution is -0.0578. The summed E-state index contributed by atoms with van der Waals surface area (Å²) in [5.74, 6) is 0.242. The number of aliphatic hydroxyl groups excluding tert-OH is 1. The van der Waals surface area contributed by atoms with Crippen molar-refractivity contribution in [3.05, 3.63) is 12.7 Å². The van der Waals surface area contributed by atoms with Crippen molar-refractivity contribution in [2.45, 2.75) is 24.5 Å². The maximum absolute atomic E-state index is 11.9. The molecule has 5 atom stereocenters. The van der Waals surface area contributed by atoms with Gasteiger partial charge in [0.1, 0.15) is 30.2 Å². The Morgan fingerprint density at radius 1 is 1.45 bits per heavy atom. The summed E-state index contributed by atoms with van der Waals surface area (Å²) in [5.41, 5.74) is 6.61. The van der Waals surface area contributed by atoms with Crippen LogP contribution >= 0.6 is 7.60 Å². The number of nitrogens with two attached hydrogens (primary N) is 1. The molecule has 22 heavy (non-hydrogen) atoms. The third-order valence-electron chi connectivity index (χ3n) is 3.76. The number of rotatable bonds is 1. The molecule has 0 radical (unpaired) electrons. The van der Waals surface area contributed by atoms with Gasteiger partial charge in [0.15, 0.2) is 17.7 Å². The highest BCUT2D eigenvalue weighted by atomic mass is 31.2. The van der Waals surface area contributed by atoms with Crippen LogP contribution in [-0.4, -0.2) is 56.2 Å². The predicted octanol–water partition coefficient (Wildman–Crippen LogP) is -0.0949. The number of aliphatic hydroxyl groups is 1. The molecule has 3 N–H and O–H groups in total. The quantitative estimate of drug-likeness (QED) is 0.688. The molecule has 0 aliphatic carbocycles. The van der Waals surface area contributed by atoms with Crippen molar-refractivity contribution in [1.82, 2.24) is 19.5 Å². The molecule has 11 heteroatoms. The van der Waals surface area contributed by atoms with Gasteiger partial charge in [0.2, 0.25) is 0 Å². The highest BCUT2D eigenvalue weighted by Crippen LogP contribution is 2.52. The minimum Gasteiger partial charge on any atom is -0.386 e. The molecule has 2 aromatic heterocycles. The van der Waals surface area contributed by atoms with Gasteiger partial charge in [-0.3, -0.25) is 13.7 Å². The number of ether oxygens (including phenoxy) is 1. The van der Waals surface area contributed by atoms with Gasteiger partial charge < -0.3 is 20.1 Å². The highest BCUT2D eigenvalue weighted by Gasteiger charge is 2.51. The summed E-state index contributed by atoms with van der Waals surface area (Å²) in [4.78, 5) is 12.1. The fourth-order valence-corrected chi connectivity index (χ4v) is 3.91. The number of aromatic nitrogens is 4. The fraction of sp³-hybridized carbons (Fsp3) is 0.545. The van der Waals surface area contributed by atoms with Gasteiger partial charge >= 0.3 is 7.60 Å². The Bertz CT molecular complexity index is 781. The summed E-state index contributed by atoms with van der Waals surface area (Å²) in [6, 6.07) is 0. The van der Waals surface area contributed by atoms with Crippen LogP contribution in [0.3, 0.4) is 0 Å². The van der Waals surface area contributed by atoms with E-state index in [1.807, 2.05) is 0 Å². The van der Waals surface area contributed by atoms with Gasteiger partial charge in [-0.1, -0.05) is 0 Å². The zero-order chi connectivity index (χ0) is 15.5. The van der Waals surface area contributed by atoms with Crippen molar-refractivity contribution in [2.24, 2.45) is 0 Å². The molecule has 1 unspecified atom stereocenters. The van der Waals surface area contributed by atoms with Crippen molar-refractivity contribution in [3.8, 4) is 0 Å². The average molecular weight is 327 g/mol. The van der Waals surface area contributed by atoms with Crippen molar-refractivity contribution in [2.75, 3.05) is 19.0 Å². The van der Waals surface area contributed by atoms with Gasteiger partial charge in [-0.25, -0.2) is 15.0 Å². The molecule has 0 bridgehead atoms. The Labute approximate surface area is 124 Å². The smallest absolute Gasteiger partial charge is 0.328 e. The SMILES string of the molecule is CP1(=O)OC[C@H]2O[C@@H](n3cnc4c(N)ncnc43)[C@@H](O)[C@@H]2O1. The van der Waals surface area contributed by atoms with E-state index in [-0.39, 0.29) is 12.4 Å². The van der Waals surface area contributed by atoms with E-state index < -0.39 is 32.1 Å². The van der Waals surface area contributed by atoms with E-state index in [1.54, 1.807) is 4.57 Å². The molecule has 0 aromatic carbocycles. The van der Waals surface area contributed by atoms with Crippen LogP contribution in [0, 0.1) is 0 Å². The maximum Gasteiger partial charge on any atom is 0.328 e. The van der Waals surface area contributed by atoms with Gasteiger partial charge in [-0.05, 0) is 0 Å². The Morgan fingerprint density at radius 3 is 3.09 bits per heavy atom. The molecule has 2 saturated heterocycles. The first kappa shape index (κ1) is 14.0. The number of hydrogen-bond donors (Lipinski definition) is 2. The fourth-order valence-electron chi connectivity index (χ4n) is 2.73. The number of nitrogens with zero attached hydrogens (tertiary/aromatic N) is 4. The molecule has 4 rings (SSSR count). The minimum atomic E-state index is -3.16. The number of anilines is 1. The molecule has 0 saturated carbocycles. The summed E-state index contributed by atoms with van der Waals surface area (Å²) in [7, 11) is -3.16. The van der Waals surface area contributed by atoms with Crippen LogP contribution in [0.1, 0.15) is 6.23 Å². The van der Waals surface area contributed by atoms with Gasteiger partial charge in [-0.2, -0.15) is 0 Å². The summed E-state index contributed by atoms with van der Waals surface area (Å²) < 4.78 is 29.7. The summed E-state index contributed by atoms with van der Waals surface area (Å²) in [5, 5.41) is 10.5. The molecule has 2 fully saturated rings. The molecule has 0 spiro atoms. The molecule has 2 aromatic rings. The number of imidazole rings is 1. The second-order valence-corrected chi connectivity index (χ2v) is 7.29. The zero-order valence-corrected chi connectivity index (χ0v) is 12.5. The van der Waals surface area contributed by atoms with Crippen molar-refractivity contribution in [1.29, 1.82) is 0 Å². The topological polar surface area (TPSA) is 135 Å². The second kappa shape index (κ2) is 4.71. The Balaban J connectivity index is 1.71. The zero-order valence-electron chi connectivity index (χ0n) is 11.6. The van der Waals surface area contributed by atoms with E-state index in [4.69, 9.17) is 19.5 Å². The van der Waals surface area contributed by atoms with E-state index in [0.717, 1.165) is 0 Å². The van der Waals surface area contributed by atoms with Crippen LogP contribution in [-0.2, 0) is 18.3 Å². The normalized spacial score (nSPS) is 38.3. The molecular weight excluding hydrogens is 313 g/mol. The summed E-state index contributed by atoms with van der Waals surface area (Å²) in [6.07, 6.45) is -0.283. The number of nitrogen functional groups attached to an aromatic ring is 1. The Hall–Kier alpha value is -1.58. The second-order valence-electron chi connectivity index (χ2n) is 5.28. The van der Waals surface area contributed by atoms with Crippen LogP contribution in [0.5, 0.6) is 0 Å². The number of fused-ring (bicyclic) bond motifs is 2. The van der Waals surface area contributed by atoms with Gasteiger partial charge in [0.05, 0.1) is 12.9 Å². The number of hydrogen-bond acceptors (Lipinski definition) is 9. The van der Waals surface area contributed by atoms with E-state index in [2.05, 4.69) is 15.0 Å². The molecular formula is C11H14N5O5P. The first-order valence-corrected chi connectivity index (χ1v) is 8.62. The minimum absolute atomic E-state index is 0.0930. The lowest BCUT2D eigenvalue weighted by atomic mass is 10.1. The van der Waals surface area contributed by atoms with E-state index in [1.165, 1.54) is 19.3 Å². The first-order valence-electron chi connectivity index (χ1n) is 6.63. The van der Waals surface area contributed by atoms with Crippen molar-refractivity contribution >= 4 is 24.6 Å². The van der Waals surface area contributed by atoms with E-state index in [9.17, 15) is 9.67 Å². The van der Waals surface area contributed by atoms with E-state index >= 15 is 0 Å². The van der Waals surface area contributed by atoms with Crippen LogP contribution in [0.4, 0.5) is 5.82 Å². The summed E-state index contributed by atoms with van der Waals surface area (Å²) >= 11 is 0. The first-order chi connectivity index (χ1) is 10.5. The molecule has 2 aliphatic heterocycles. The van der Waals surface area contributed by atoms with Crippen molar-refractivity contribution in [3.63, 3.8) is 0 Å². The average Bonchev–Trinajstić information content (AvgIpc) is 3.01. The Kier molecular flexibility index (Phi) is 3.00. The van der Waals surface area contributed by atoms with Crippen LogP contribution < -0.4 is 5.73 Å². The van der Waals surface area contributed by atoms with Gasteiger partial charge in [-0.15, -0.1) is 0 Å². The highest BCUT2D eigenvalue weighted by molar-refractivity contribution is 7.53. The largest absolute Gasteiger partial charge is 0.386 e. The van der Waals surface area contributed by atoms with Crippen LogP contribution in [0.2, 0.25) is 0 Å². The van der Waals surface area contributed by atoms with Gasteiger partial charge in [0.25, 0.3) is 0 Å². The Morgan fingerprint density at radius 2 is 2.27 bits per heavy atom. The lowest BCUT2D eigenvalue weighted by Crippen LogP contribution is -2.39. The maximum atomic E-state index is 11.9. The van der Waals surface area contributed by atoms with Crippen molar-refractivity contribution < 1.29 is 23.5 Å². The third kappa shape index (κ3) is 2.03. The van der Waals surface area contributed by atoms with Gasteiger partial charge in [0, 0.05) is 6.66 Å². The predicted molar refractivity (Wildman–Crippen MR) is 74.0 cm³/mol. The van der Waals surface area contributed by atoms with Crippen LogP contribution in [0.15, 0.2) is 12.7 Å². The molecule has 2 aliphatic rings. The molecule has 118 valence electrons. The summed E-state index contributed by atoms with van der Waals surface area (Å²) in [6.45, 7) is 1.46. The molecule has 10 nitrogen and oxygen atoms in total. The lowest BCUT2D eigenvalue weighted by Gasteiger charge is -2.29. The monoisotopic (exact) mass is 327 g/mol. The van der Waals surface area contributed by atoms with Crippen LogP contribution in [0.25, 0.3) is 11.2 Å². The standard InChI is InChI=1S/C11H14N5O5P/c1-22(18)19-2-5-8(21-22)7(17)11(20-5)16-4-15-6-9(12)13-3-14-10(6)16/h3-5,7-8,11,17H,2H2,1H3,(H2,12,13,14)/t5-,7+,8-,11-,22?/m1/s1.